The van der Waals surface area contributed by atoms with Gasteiger partial charge in [0.25, 0.3) is 0 Å². The first kappa shape index (κ1) is 19.2. The van der Waals surface area contributed by atoms with Crippen LogP contribution in [-0.2, 0) is 6.42 Å². The SMILES string of the molecule is COc1ccccc1.Oc1ccc2c(c1)OCCC2.Oc1ccccc1. The van der Waals surface area contributed by atoms with Crippen LogP contribution in [0.5, 0.6) is 23.0 Å². The molecule has 0 amide bonds. The highest BCUT2D eigenvalue weighted by Crippen LogP contribution is 2.27. The lowest BCUT2D eigenvalue weighted by Crippen LogP contribution is -2.07. The average molecular weight is 352 g/mol. The summed E-state index contributed by atoms with van der Waals surface area (Å²) in [7, 11) is 1.66. The highest BCUT2D eigenvalue weighted by Gasteiger charge is 2.09. The minimum Gasteiger partial charge on any atom is -0.508 e. The van der Waals surface area contributed by atoms with E-state index in [4.69, 9.17) is 19.7 Å². The van der Waals surface area contributed by atoms with Gasteiger partial charge in [0.15, 0.2) is 0 Å². The number of hydrogen-bond donors (Lipinski definition) is 2. The summed E-state index contributed by atoms with van der Waals surface area (Å²) in [5, 5.41) is 17.7. The van der Waals surface area contributed by atoms with Crippen molar-refractivity contribution in [3.05, 3.63) is 84.4 Å². The molecule has 0 aromatic heterocycles. The topological polar surface area (TPSA) is 58.9 Å². The second-order valence-electron chi connectivity index (χ2n) is 5.60. The zero-order chi connectivity index (χ0) is 18.6. The molecule has 0 bridgehead atoms. The number of hydrogen-bond acceptors (Lipinski definition) is 4. The maximum absolute atomic E-state index is 9.11. The molecular formula is C22H24O4. The van der Waals surface area contributed by atoms with Crippen LogP contribution in [0.3, 0.4) is 0 Å². The van der Waals surface area contributed by atoms with Gasteiger partial charge in [-0.05, 0) is 48.7 Å². The Balaban J connectivity index is 0.000000145. The Kier molecular flexibility index (Phi) is 7.87. The molecule has 0 unspecified atom stereocenters. The lowest BCUT2D eigenvalue weighted by atomic mass is 10.1. The van der Waals surface area contributed by atoms with E-state index in [2.05, 4.69) is 0 Å². The van der Waals surface area contributed by atoms with Crippen LogP contribution in [0.1, 0.15) is 12.0 Å². The van der Waals surface area contributed by atoms with Gasteiger partial charge in [-0.3, -0.25) is 0 Å². The predicted octanol–water partition coefficient (Wildman–Crippen LogP) is 4.80. The van der Waals surface area contributed by atoms with Crippen LogP contribution in [0, 0.1) is 0 Å². The normalized spacial score (nSPS) is 11.4. The fraction of sp³-hybridized carbons (Fsp3) is 0.182. The van der Waals surface area contributed by atoms with Crippen molar-refractivity contribution in [2.45, 2.75) is 12.8 Å². The van der Waals surface area contributed by atoms with E-state index >= 15 is 0 Å². The van der Waals surface area contributed by atoms with Crippen LogP contribution < -0.4 is 9.47 Å². The summed E-state index contributed by atoms with van der Waals surface area (Å²) in [5.74, 6) is 2.36. The molecule has 136 valence electrons. The standard InChI is InChI=1S/C9H10O2.C7H8O.C6H6O/c10-8-4-3-7-2-1-5-11-9(7)6-8;1-8-7-5-3-2-4-6-7;7-6-4-2-1-3-5-6/h3-4,6,10H,1-2,5H2;2-6H,1H3;1-5,7H. The monoisotopic (exact) mass is 352 g/mol. The van der Waals surface area contributed by atoms with Gasteiger partial charge < -0.3 is 19.7 Å². The van der Waals surface area contributed by atoms with E-state index in [1.54, 1.807) is 43.5 Å². The van der Waals surface area contributed by atoms with E-state index in [9.17, 15) is 0 Å². The van der Waals surface area contributed by atoms with Crippen molar-refractivity contribution in [3.63, 3.8) is 0 Å². The van der Waals surface area contributed by atoms with Crippen LogP contribution in [0.2, 0.25) is 0 Å². The highest BCUT2D eigenvalue weighted by molar-refractivity contribution is 5.40. The Morgan fingerprint density at radius 1 is 0.808 bits per heavy atom. The molecule has 0 spiro atoms. The van der Waals surface area contributed by atoms with E-state index in [-0.39, 0.29) is 5.75 Å². The number of methoxy groups -OCH3 is 1. The Hall–Kier alpha value is -3.14. The largest absolute Gasteiger partial charge is 0.508 e. The van der Waals surface area contributed by atoms with Crippen LogP contribution in [-0.4, -0.2) is 23.9 Å². The number of ether oxygens (including phenoxy) is 2. The molecule has 0 fully saturated rings. The maximum Gasteiger partial charge on any atom is 0.126 e. The van der Waals surface area contributed by atoms with Gasteiger partial charge in [0.1, 0.15) is 23.0 Å². The van der Waals surface area contributed by atoms with Crippen LogP contribution in [0.25, 0.3) is 0 Å². The number of rotatable bonds is 1. The third-order valence-corrected chi connectivity index (χ3v) is 3.63. The van der Waals surface area contributed by atoms with Crippen molar-refractivity contribution in [2.75, 3.05) is 13.7 Å². The molecule has 0 saturated heterocycles. The predicted molar refractivity (Wildman–Crippen MR) is 103 cm³/mol. The number of benzene rings is 3. The number of phenolic OH excluding ortho intramolecular Hbond substituents is 2. The molecule has 3 aromatic rings. The van der Waals surface area contributed by atoms with Crippen molar-refractivity contribution in [1.29, 1.82) is 0 Å². The molecule has 2 N–H and O–H groups in total. The van der Waals surface area contributed by atoms with Gasteiger partial charge in [-0.2, -0.15) is 0 Å². The Labute approximate surface area is 154 Å². The van der Waals surface area contributed by atoms with Crippen molar-refractivity contribution < 1.29 is 19.7 Å². The molecule has 1 aliphatic heterocycles. The van der Waals surface area contributed by atoms with Crippen molar-refractivity contribution in [1.82, 2.24) is 0 Å². The summed E-state index contributed by atoms with van der Waals surface area (Å²) in [4.78, 5) is 0. The summed E-state index contributed by atoms with van der Waals surface area (Å²) in [6.45, 7) is 0.774. The summed E-state index contributed by atoms with van der Waals surface area (Å²) in [5.41, 5.74) is 1.20. The van der Waals surface area contributed by atoms with Gasteiger partial charge in [-0.25, -0.2) is 0 Å². The summed E-state index contributed by atoms with van der Waals surface area (Å²) >= 11 is 0. The zero-order valence-electron chi connectivity index (χ0n) is 14.8. The third kappa shape index (κ3) is 6.77. The Morgan fingerprint density at radius 3 is 2.00 bits per heavy atom. The van der Waals surface area contributed by atoms with Gasteiger partial charge in [0.2, 0.25) is 0 Å². The molecule has 0 atom stereocenters. The molecule has 4 heteroatoms. The Morgan fingerprint density at radius 2 is 1.46 bits per heavy atom. The van der Waals surface area contributed by atoms with E-state index < -0.39 is 0 Å². The lowest BCUT2D eigenvalue weighted by Gasteiger charge is -2.16. The maximum atomic E-state index is 9.11. The minimum atomic E-state index is 0.283. The smallest absolute Gasteiger partial charge is 0.126 e. The fourth-order valence-electron chi connectivity index (χ4n) is 2.31. The van der Waals surface area contributed by atoms with Gasteiger partial charge in [-0.1, -0.05) is 42.5 Å². The molecule has 1 aliphatic rings. The average Bonchev–Trinajstić information content (AvgIpc) is 2.70. The second-order valence-corrected chi connectivity index (χ2v) is 5.60. The molecule has 3 aromatic carbocycles. The first-order valence-electron chi connectivity index (χ1n) is 8.47. The quantitative estimate of drug-likeness (QED) is 0.660. The van der Waals surface area contributed by atoms with E-state index in [1.807, 2.05) is 42.5 Å². The molecule has 1 heterocycles. The van der Waals surface area contributed by atoms with Crippen molar-refractivity contribution in [3.8, 4) is 23.0 Å². The van der Waals surface area contributed by atoms with Crippen LogP contribution in [0.4, 0.5) is 0 Å². The van der Waals surface area contributed by atoms with Crippen molar-refractivity contribution >= 4 is 0 Å². The molecular weight excluding hydrogens is 328 g/mol. The molecule has 0 aliphatic carbocycles. The number of fused-ring (bicyclic) bond motifs is 1. The third-order valence-electron chi connectivity index (χ3n) is 3.63. The zero-order valence-corrected chi connectivity index (χ0v) is 14.8. The summed E-state index contributed by atoms with van der Waals surface area (Å²) < 4.78 is 10.3. The van der Waals surface area contributed by atoms with Crippen LogP contribution >= 0.6 is 0 Å². The molecule has 0 saturated carbocycles. The van der Waals surface area contributed by atoms with Gasteiger partial charge in [0, 0.05) is 6.07 Å². The first-order valence-corrected chi connectivity index (χ1v) is 8.47. The fourth-order valence-corrected chi connectivity index (χ4v) is 2.31. The first-order chi connectivity index (χ1) is 12.7. The lowest BCUT2D eigenvalue weighted by molar-refractivity contribution is 0.286. The van der Waals surface area contributed by atoms with Gasteiger partial charge in [-0.15, -0.1) is 0 Å². The molecule has 26 heavy (non-hydrogen) atoms. The molecule has 4 rings (SSSR count). The summed E-state index contributed by atoms with van der Waals surface area (Å²) in [6, 6.07) is 23.7. The second kappa shape index (κ2) is 10.7. The Bertz CT molecular complexity index is 758. The minimum absolute atomic E-state index is 0.283. The van der Waals surface area contributed by atoms with E-state index in [0.29, 0.717) is 5.75 Å². The number of para-hydroxylation sites is 2. The molecule has 0 radical (unpaired) electrons. The van der Waals surface area contributed by atoms with E-state index in [1.165, 1.54) is 5.56 Å². The summed E-state index contributed by atoms with van der Waals surface area (Å²) in [6.07, 6.45) is 2.15. The van der Waals surface area contributed by atoms with Gasteiger partial charge in [0.05, 0.1) is 13.7 Å². The number of aryl methyl sites for hydroxylation is 1. The number of aromatic hydroxyl groups is 2. The van der Waals surface area contributed by atoms with E-state index in [0.717, 1.165) is 30.9 Å². The van der Waals surface area contributed by atoms with Gasteiger partial charge >= 0.3 is 0 Å². The van der Waals surface area contributed by atoms with Crippen molar-refractivity contribution in [2.24, 2.45) is 0 Å². The highest BCUT2D eigenvalue weighted by atomic mass is 16.5. The molecule has 4 nitrogen and oxygen atoms in total. The van der Waals surface area contributed by atoms with Crippen LogP contribution in [0.15, 0.2) is 78.9 Å². The number of phenols is 2.